The van der Waals surface area contributed by atoms with Crippen molar-refractivity contribution in [1.29, 1.82) is 0 Å². The van der Waals surface area contributed by atoms with Gasteiger partial charge in [-0.1, -0.05) is 20.3 Å². The standard InChI is InChI=1S/C17H23N5O/c1-3-5-13(4-2)21-16-10-11(6-7-20-16)14-8-12(17(19)23)9-15(18)22-14/h6-10,13H,3-5H2,1-2H3,(H2,18,22)(H2,19,23)(H,20,21). The van der Waals surface area contributed by atoms with Crippen LogP contribution in [0.25, 0.3) is 11.3 Å². The number of rotatable bonds is 7. The minimum absolute atomic E-state index is 0.264. The van der Waals surface area contributed by atoms with Crippen LogP contribution < -0.4 is 16.8 Å². The van der Waals surface area contributed by atoms with Gasteiger partial charge in [-0.25, -0.2) is 9.97 Å². The molecule has 0 radical (unpaired) electrons. The highest BCUT2D eigenvalue weighted by Crippen LogP contribution is 2.22. The lowest BCUT2D eigenvalue weighted by Crippen LogP contribution is -2.18. The number of nitrogens with two attached hydrogens (primary N) is 2. The first-order valence-electron chi connectivity index (χ1n) is 7.83. The number of hydrogen-bond acceptors (Lipinski definition) is 5. The van der Waals surface area contributed by atoms with Crippen molar-refractivity contribution in [3.63, 3.8) is 0 Å². The maximum atomic E-state index is 11.4. The molecule has 0 bridgehead atoms. The molecule has 0 saturated carbocycles. The molecule has 2 aromatic rings. The van der Waals surface area contributed by atoms with Gasteiger partial charge in [0, 0.05) is 23.4 Å². The second-order valence-corrected chi connectivity index (χ2v) is 5.50. The smallest absolute Gasteiger partial charge is 0.248 e. The average Bonchev–Trinajstić information content (AvgIpc) is 2.54. The van der Waals surface area contributed by atoms with Crippen LogP contribution in [0.3, 0.4) is 0 Å². The van der Waals surface area contributed by atoms with Gasteiger partial charge in [-0.3, -0.25) is 4.79 Å². The van der Waals surface area contributed by atoms with Crippen molar-refractivity contribution in [3.05, 3.63) is 36.0 Å². The van der Waals surface area contributed by atoms with Crippen LogP contribution in [0.5, 0.6) is 0 Å². The van der Waals surface area contributed by atoms with E-state index in [1.54, 1.807) is 12.3 Å². The third-order valence-corrected chi connectivity index (χ3v) is 3.67. The molecule has 122 valence electrons. The minimum Gasteiger partial charge on any atom is -0.384 e. The molecule has 0 aliphatic carbocycles. The lowest BCUT2D eigenvalue weighted by Gasteiger charge is -2.17. The Morgan fingerprint density at radius 1 is 1.30 bits per heavy atom. The molecule has 2 aromatic heterocycles. The zero-order valence-corrected chi connectivity index (χ0v) is 13.5. The number of hydrogen-bond donors (Lipinski definition) is 3. The topological polar surface area (TPSA) is 107 Å². The lowest BCUT2D eigenvalue weighted by molar-refractivity contribution is 0.100. The van der Waals surface area contributed by atoms with Gasteiger partial charge in [0.1, 0.15) is 11.6 Å². The Morgan fingerprint density at radius 2 is 2.09 bits per heavy atom. The van der Waals surface area contributed by atoms with E-state index in [-0.39, 0.29) is 5.82 Å². The van der Waals surface area contributed by atoms with E-state index in [0.717, 1.165) is 30.6 Å². The first kappa shape index (κ1) is 16.7. The second kappa shape index (κ2) is 7.58. The maximum Gasteiger partial charge on any atom is 0.248 e. The van der Waals surface area contributed by atoms with Crippen LogP contribution in [0.2, 0.25) is 0 Å². The number of amides is 1. The molecule has 6 nitrogen and oxygen atoms in total. The number of nitrogens with zero attached hydrogens (tertiary/aromatic N) is 2. The molecule has 0 fully saturated rings. The van der Waals surface area contributed by atoms with Gasteiger partial charge in [0.15, 0.2) is 0 Å². The number of primary amides is 1. The fourth-order valence-electron chi connectivity index (χ4n) is 2.45. The van der Waals surface area contributed by atoms with Gasteiger partial charge in [0.25, 0.3) is 0 Å². The SMILES string of the molecule is CCCC(CC)Nc1cc(-c2cc(C(N)=O)cc(N)n2)ccn1. The Labute approximate surface area is 136 Å². The first-order chi connectivity index (χ1) is 11.0. The van der Waals surface area contributed by atoms with Gasteiger partial charge >= 0.3 is 0 Å². The van der Waals surface area contributed by atoms with Crippen molar-refractivity contribution >= 4 is 17.5 Å². The Kier molecular flexibility index (Phi) is 5.51. The van der Waals surface area contributed by atoms with E-state index in [4.69, 9.17) is 11.5 Å². The maximum absolute atomic E-state index is 11.4. The molecule has 1 amide bonds. The number of nitrogen functional groups attached to an aromatic ring is 1. The summed E-state index contributed by atoms with van der Waals surface area (Å²) in [5.41, 5.74) is 12.9. The normalized spacial score (nSPS) is 11.9. The van der Waals surface area contributed by atoms with Crippen LogP contribution in [0, 0.1) is 0 Å². The summed E-state index contributed by atoms with van der Waals surface area (Å²) in [5.74, 6) is 0.523. The van der Waals surface area contributed by atoms with Crippen molar-refractivity contribution in [2.45, 2.75) is 39.2 Å². The van der Waals surface area contributed by atoms with Crippen molar-refractivity contribution in [3.8, 4) is 11.3 Å². The number of aromatic nitrogens is 2. The third-order valence-electron chi connectivity index (χ3n) is 3.67. The summed E-state index contributed by atoms with van der Waals surface area (Å²) in [6, 6.07) is 7.24. The number of nitrogens with one attached hydrogen (secondary N) is 1. The quantitative estimate of drug-likeness (QED) is 0.728. The molecule has 2 rings (SSSR count). The largest absolute Gasteiger partial charge is 0.384 e. The van der Waals surface area contributed by atoms with Crippen molar-refractivity contribution < 1.29 is 4.79 Å². The van der Waals surface area contributed by atoms with E-state index in [9.17, 15) is 4.79 Å². The Balaban J connectivity index is 2.31. The summed E-state index contributed by atoms with van der Waals surface area (Å²) in [5, 5.41) is 3.43. The molecule has 0 aliphatic rings. The van der Waals surface area contributed by atoms with E-state index in [1.165, 1.54) is 6.07 Å². The summed E-state index contributed by atoms with van der Waals surface area (Å²) >= 11 is 0. The lowest BCUT2D eigenvalue weighted by atomic mass is 10.1. The molecule has 6 heteroatoms. The molecule has 1 unspecified atom stereocenters. The third kappa shape index (κ3) is 4.42. The van der Waals surface area contributed by atoms with E-state index in [0.29, 0.717) is 17.3 Å². The molecule has 0 aliphatic heterocycles. The zero-order valence-electron chi connectivity index (χ0n) is 13.5. The predicted molar refractivity (Wildman–Crippen MR) is 93.0 cm³/mol. The number of pyridine rings is 2. The molecule has 5 N–H and O–H groups in total. The van der Waals surface area contributed by atoms with E-state index < -0.39 is 5.91 Å². The van der Waals surface area contributed by atoms with Crippen LogP contribution in [-0.2, 0) is 0 Å². The van der Waals surface area contributed by atoms with Gasteiger partial charge in [0.2, 0.25) is 5.91 Å². The Hall–Kier alpha value is -2.63. The molecule has 1 atom stereocenters. The zero-order chi connectivity index (χ0) is 16.8. The second-order valence-electron chi connectivity index (χ2n) is 5.50. The molecular weight excluding hydrogens is 290 g/mol. The monoisotopic (exact) mass is 313 g/mol. The van der Waals surface area contributed by atoms with Gasteiger partial charge in [0.05, 0.1) is 5.69 Å². The summed E-state index contributed by atoms with van der Waals surface area (Å²) < 4.78 is 0. The van der Waals surface area contributed by atoms with E-state index >= 15 is 0 Å². The summed E-state index contributed by atoms with van der Waals surface area (Å²) in [7, 11) is 0. The van der Waals surface area contributed by atoms with Gasteiger partial charge in [-0.2, -0.15) is 0 Å². The fourth-order valence-corrected chi connectivity index (χ4v) is 2.45. The summed E-state index contributed by atoms with van der Waals surface area (Å²) in [4.78, 5) is 20.0. The van der Waals surface area contributed by atoms with Crippen molar-refractivity contribution in [2.75, 3.05) is 11.1 Å². The van der Waals surface area contributed by atoms with Crippen LogP contribution in [0.15, 0.2) is 30.5 Å². The average molecular weight is 313 g/mol. The van der Waals surface area contributed by atoms with E-state index in [1.807, 2.05) is 12.1 Å². The highest BCUT2D eigenvalue weighted by molar-refractivity contribution is 5.94. The van der Waals surface area contributed by atoms with Gasteiger partial charge < -0.3 is 16.8 Å². The number of carbonyl (C=O) groups excluding carboxylic acids is 1. The van der Waals surface area contributed by atoms with Crippen LogP contribution in [0.1, 0.15) is 43.5 Å². The fraction of sp³-hybridized carbons (Fsp3) is 0.353. The summed E-state index contributed by atoms with van der Waals surface area (Å²) in [6.45, 7) is 4.31. The molecular formula is C17H23N5O. The number of anilines is 2. The molecule has 0 saturated heterocycles. The molecule has 0 spiro atoms. The highest BCUT2D eigenvalue weighted by atomic mass is 16.1. The van der Waals surface area contributed by atoms with Gasteiger partial charge in [-0.05, 0) is 37.1 Å². The predicted octanol–water partition coefficient (Wildman–Crippen LogP) is 2.82. The van der Waals surface area contributed by atoms with E-state index in [2.05, 4.69) is 29.1 Å². The Bertz CT molecular complexity index is 686. The molecule has 2 heterocycles. The van der Waals surface area contributed by atoms with Gasteiger partial charge in [-0.15, -0.1) is 0 Å². The van der Waals surface area contributed by atoms with Crippen LogP contribution in [0.4, 0.5) is 11.6 Å². The minimum atomic E-state index is -0.526. The van der Waals surface area contributed by atoms with Crippen LogP contribution in [-0.4, -0.2) is 21.9 Å². The molecule has 0 aromatic carbocycles. The Morgan fingerprint density at radius 3 is 2.74 bits per heavy atom. The van der Waals surface area contributed by atoms with Crippen molar-refractivity contribution in [2.24, 2.45) is 5.73 Å². The summed E-state index contributed by atoms with van der Waals surface area (Å²) in [6.07, 6.45) is 4.95. The highest BCUT2D eigenvalue weighted by Gasteiger charge is 2.10. The van der Waals surface area contributed by atoms with Crippen molar-refractivity contribution in [1.82, 2.24) is 9.97 Å². The molecule has 23 heavy (non-hydrogen) atoms. The first-order valence-corrected chi connectivity index (χ1v) is 7.83. The number of carbonyl (C=O) groups is 1. The van der Waals surface area contributed by atoms with Crippen LogP contribution >= 0.6 is 0 Å².